The molecule has 1 saturated heterocycles. The summed E-state index contributed by atoms with van der Waals surface area (Å²) in [6, 6.07) is 11.7. The fraction of sp³-hybridized carbons (Fsp3) is 0.333. The van der Waals surface area contributed by atoms with Gasteiger partial charge in [-0.15, -0.1) is 0 Å². The Kier molecular flexibility index (Phi) is 7.51. The number of carboxylic acid groups (broad SMARTS) is 1. The van der Waals surface area contributed by atoms with Crippen LogP contribution in [0.5, 0.6) is 0 Å². The zero-order valence-corrected chi connectivity index (χ0v) is 19.0. The lowest BCUT2D eigenvalue weighted by molar-refractivity contribution is -0.143. The highest BCUT2D eigenvalue weighted by atomic mass is 16.7. The van der Waals surface area contributed by atoms with Gasteiger partial charge in [0.1, 0.15) is 6.10 Å². The second-order valence-electron chi connectivity index (χ2n) is 8.02. The van der Waals surface area contributed by atoms with Gasteiger partial charge in [0.2, 0.25) is 5.91 Å². The van der Waals surface area contributed by atoms with Crippen molar-refractivity contribution in [3.8, 4) is 0 Å². The van der Waals surface area contributed by atoms with Gasteiger partial charge in [-0.3, -0.25) is 34.8 Å². The van der Waals surface area contributed by atoms with Crippen LogP contribution in [0, 0.1) is 0 Å². The van der Waals surface area contributed by atoms with E-state index in [2.05, 4.69) is 15.6 Å². The van der Waals surface area contributed by atoms with Crippen LogP contribution in [-0.2, 0) is 14.4 Å². The van der Waals surface area contributed by atoms with Crippen molar-refractivity contribution < 1.29 is 19.5 Å². The number of nitrogens with one attached hydrogen (secondary N) is 1. The van der Waals surface area contributed by atoms with Crippen LogP contribution in [0.2, 0.25) is 0 Å². The summed E-state index contributed by atoms with van der Waals surface area (Å²) in [5, 5.41) is 15.5. The lowest BCUT2D eigenvalue weighted by Gasteiger charge is -2.34. The molecule has 2 aromatic rings. The van der Waals surface area contributed by atoms with Gasteiger partial charge in [0, 0.05) is 49.4 Å². The second-order valence-corrected chi connectivity index (χ2v) is 8.02. The molecule has 4 rings (SSSR count). The number of carbonyl (C=O) groups is 2. The molecule has 2 N–H and O–H groups in total. The maximum absolute atomic E-state index is 12.6. The molecule has 3 heterocycles. The largest absolute Gasteiger partial charge is 0.480 e. The molecular formula is C24H28N6O4. The van der Waals surface area contributed by atoms with Crippen LogP contribution < -0.4 is 10.5 Å². The Labute approximate surface area is 198 Å². The molecule has 10 nitrogen and oxygen atoms in total. The van der Waals surface area contributed by atoms with Crippen LogP contribution in [0.15, 0.2) is 60.1 Å². The highest BCUT2D eigenvalue weighted by Crippen LogP contribution is 2.27. The van der Waals surface area contributed by atoms with Crippen LogP contribution in [0.4, 0.5) is 5.69 Å². The second kappa shape index (κ2) is 10.9. The van der Waals surface area contributed by atoms with Gasteiger partial charge in [-0.1, -0.05) is 24.3 Å². The monoisotopic (exact) mass is 464 g/mol. The lowest BCUT2D eigenvalue weighted by atomic mass is 9.96. The summed E-state index contributed by atoms with van der Waals surface area (Å²) in [5.41, 5.74) is 6.61. The molecule has 1 amide bonds. The van der Waals surface area contributed by atoms with E-state index in [1.807, 2.05) is 60.7 Å². The molecule has 1 aromatic heterocycles. The van der Waals surface area contributed by atoms with Gasteiger partial charge in [0.05, 0.1) is 31.5 Å². The van der Waals surface area contributed by atoms with E-state index < -0.39 is 5.97 Å². The Morgan fingerprint density at radius 1 is 1.29 bits per heavy atom. The van der Waals surface area contributed by atoms with Crippen molar-refractivity contribution in [1.82, 2.24) is 20.3 Å². The quantitative estimate of drug-likeness (QED) is 0.424. The maximum Gasteiger partial charge on any atom is 0.317 e. The number of benzene rings is 1. The van der Waals surface area contributed by atoms with E-state index in [9.17, 15) is 9.59 Å². The van der Waals surface area contributed by atoms with Crippen LogP contribution in [0.25, 0.3) is 5.57 Å². The standard InChI is InChI=1S/C24H28N6O4/c1-2-30(19-7-9-25-10-8-19)26-13-18-5-3-4-6-20(18)21-14-27-34-22(21)15-29-12-11-28(16-23(29)31)17-24(32)33/h3-10,13-14,22,27H,2,11-12,15-17H2,1H3,(H,32,33). The summed E-state index contributed by atoms with van der Waals surface area (Å²) in [5.74, 6) is -1.04. The summed E-state index contributed by atoms with van der Waals surface area (Å²) in [6.07, 6.45) is 6.75. The number of pyridine rings is 1. The molecule has 1 aromatic carbocycles. The molecule has 0 saturated carbocycles. The van der Waals surface area contributed by atoms with Crippen molar-refractivity contribution in [2.45, 2.75) is 13.0 Å². The number of hydroxylamine groups is 1. The molecule has 178 valence electrons. The van der Waals surface area contributed by atoms with E-state index in [-0.39, 0.29) is 25.1 Å². The summed E-state index contributed by atoms with van der Waals surface area (Å²) < 4.78 is 0. The minimum Gasteiger partial charge on any atom is -0.480 e. The Hall–Kier alpha value is -3.76. The van der Waals surface area contributed by atoms with Crippen molar-refractivity contribution >= 4 is 29.4 Å². The van der Waals surface area contributed by atoms with Gasteiger partial charge in [0.15, 0.2) is 0 Å². The molecule has 2 aliphatic rings. The molecule has 0 bridgehead atoms. The SMILES string of the molecule is CCN(N=Cc1ccccc1C1=CNOC1CN1CCN(CC(=O)O)CC1=O)c1ccncc1. The Morgan fingerprint density at radius 2 is 2.09 bits per heavy atom. The third kappa shape index (κ3) is 5.59. The number of rotatable bonds is 9. The fourth-order valence-electron chi connectivity index (χ4n) is 4.05. The third-order valence-corrected chi connectivity index (χ3v) is 5.78. The van der Waals surface area contributed by atoms with Crippen LogP contribution >= 0.6 is 0 Å². The molecule has 10 heteroatoms. The number of hydrogen-bond acceptors (Lipinski definition) is 8. The first kappa shape index (κ1) is 23.4. The number of amides is 1. The van der Waals surface area contributed by atoms with Gasteiger partial charge in [0.25, 0.3) is 0 Å². The van der Waals surface area contributed by atoms with Gasteiger partial charge in [-0.2, -0.15) is 5.10 Å². The predicted octanol–water partition coefficient (Wildman–Crippen LogP) is 1.42. The molecule has 1 atom stereocenters. The lowest BCUT2D eigenvalue weighted by Crippen LogP contribution is -2.53. The maximum atomic E-state index is 12.6. The average molecular weight is 465 g/mol. The first-order valence-corrected chi connectivity index (χ1v) is 11.2. The van der Waals surface area contributed by atoms with E-state index >= 15 is 0 Å². The van der Waals surface area contributed by atoms with Crippen LogP contribution in [-0.4, -0.2) is 83.4 Å². The number of aromatic nitrogens is 1. The number of anilines is 1. The third-order valence-electron chi connectivity index (χ3n) is 5.78. The van der Waals surface area contributed by atoms with E-state index in [0.29, 0.717) is 26.2 Å². The smallest absolute Gasteiger partial charge is 0.317 e. The van der Waals surface area contributed by atoms with Gasteiger partial charge < -0.3 is 10.0 Å². The normalized spacial score (nSPS) is 18.7. The molecule has 2 aliphatic heterocycles. The minimum absolute atomic E-state index is 0.0938. The van der Waals surface area contributed by atoms with E-state index in [1.165, 1.54) is 0 Å². The molecule has 0 spiro atoms. The minimum atomic E-state index is -0.932. The van der Waals surface area contributed by atoms with Gasteiger partial charge in [-0.25, -0.2) is 0 Å². The number of piperazine rings is 1. The summed E-state index contributed by atoms with van der Waals surface area (Å²) in [4.78, 5) is 36.7. The van der Waals surface area contributed by atoms with Gasteiger partial charge in [-0.05, 0) is 24.6 Å². The van der Waals surface area contributed by atoms with Crippen LogP contribution in [0.3, 0.4) is 0 Å². The number of aliphatic carboxylic acids is 1. The molecule has 0 aliphatic carbocycles. The molecule has 1 unspecified atom stereocenters. The summed E-state index contributed by atoms with van der Waals surface area (Å²) >= 11 is 0. The van der Waals surface area contributed by atoms with Crippen molar-refractivity contribution in [3.05, 3.63) is 66.1 Å². The topological polar surface area (TPSA) is 111 Å². The highest BCUT2D eigenvalue weighted by Gasteiger charge is 2.31. The molecule has 0 radical (unpaired) electrons. The van der Waals surface area contributed by atoms with E-state index in [4.69, 9.17) is 9.94 Å². The molecule has 34 heavy (non-hydrogen) atoms. The Balaban J connectivity index is 1.47. The zero-order valence-electron chi connectivity index (χ0n) is 19.0. The highest BCUT2D eigenvalue weighted by molar-refractivity contribution is 5.90. The van der Waals surface area contributed by atoms with Gasteiger partial charge >= 0.3 is 5.97 Å². The fourth-order valence-corrected chi connectivity index (χ4v) is 4.05. The van der Waals surface area contributed by atoms with E-state index in [1.54, 1.807) is 22.2 Å². The first-order chi connectivity index (χ1) is 16.5. The first-order valence-electron chi connectivity index (χ1n) is 11.2. The number of carboxylic acids is 1. The Morgan fingerprint density at radius 3 is 2.82 bits per heavy atom. The number of hydrogen-bond donors (Lipinski definition) is 2. The Bertz CT molecular complexity index is 1070. The summed E-state index contributed by atoms with van der Waals surface area (Å²) in [6.45, 7) is 4.05. The molecule has 1 fully saturated rings. The molecular weight excluding hydrogens is 436 g/mol. The van der Waals surface area contributed by atoms with Crippen molar-refractivity contribution in [1.29, 1.82) is 0 Å². The van der Waals surface area contributed by atoms with E-state index in [0.717, 1.165) is 22.4 Å². The number of hydrazone groups is 1. The zero-order chi connectivity index (χ0) is 23.9. The predicted molar refractivity (Wildman–Crippen MR) is 128 cm³/mol. The van der Waals surface area contributed by atoms with Crippen molar-refractivity contribution in [3.63, 3.8) is 0 Å². The van der Waals surface area contributed by atoms with Crippen molar-refractivity contribution in [2.75, 3.05) is 44.3 Å². The summed E-state index contributed by atoms with van der Waals surface area (Å²) in [7, 11) is 0. The number of nitrogens with zero attached hydrogens (tertiary/aromatic N) is 5. The number of carbonyl (C=O) groups excluding carboxylic acids is 1. The van der Waals surface area contributed by atoms with Crippen LogP contribution in [0.1, 0.15) is 18.1 Å². The average Bonchev–Trinajstić information content (AvgIpc) is 3.30. The van der Waals surface area contributed by atoms with Crippen molar-refractivity contribution in [2.24, 2.45) is 5.10 Å².